The number of carbonyl (C=O) groups excluding carboxylic acids is 1. The zero-order valence-corrected chi connectivity index (χ0v) is 14.8. The van der Waals surface area contributed by atoms with E-state index in [1.54, 1.807) is 29.5 Å². The van der Waals surface area contributed by atoms with Crippen molar-refractivity contribution in [3.05, 3.63) is 52.2 Å². The number of benzene rings is 1. The Morgan fingerprint density at radius 2 is 2.17 bits per heavy atom. The Labute approximate surface area is 147 Å². The van der Waals surface area contributed by atoms with Gasteiger partial charge in [0.15, 0.2) is 0 Å². The van der Waals surface area contributed by atoms with E-state index < -0.39 is 0 Å². The molecule has 1 aliphatic rings. The molecule has 4 nitrogen and oxygen atoms in total. The highest BCUT2D eigenvalue weighted by Crippen LogP contribution is 2.36. The zero-order valence-electron chi connectivity index (χ0n) is 13.9. The van der Waals surface area contributed by atoms with Crippen LogP contribution < -0.4 is 5.32 Å². The maximum Gasteiger partial charge on any atom is 0.224 e. The van der Waals surface area contributed by atoms with Crippen molar-refractivity contribution in [3.63, 3.8) is 0 Å². The van der Waals surface area contributed by atoms with Gasteiger partial charge < -0.3 is 10.4 Å². The van der Waals surface area contributed by atoms with Crippen molar-refractivity contribution in [1.82, 2.24) is 10.2 Å². The molecule has 5 heteroatoms. The minimum absolute atomic E-state index is 0.0327. The van der Waals surface area contributed by atoms with E-state index in [0.717, 1.165) is 13.0 Å². The van der Waals surface area contributed by atoms with Crippen molar-refractivity contribution < 1.29 is 9.90 Å². The SMILES string of the molecule is CN1CCC[C@H](CNC(=O)Cc2ccccc2O)[C@@H]1c1cccs1. The van der Waals surface area contributed by atoms with E-state index >= 15 is 0 Å². The van der Waals surface area contributed by atoms with Gasteiger partial charge in [-0.2, -0.15) is 0 Å². The van der Waals surface area contributed by atoms with Crippen molar-refractivity contribution in [2.75, 3.05) is 20.1 Å². The molecule has 1 aromatic heterocycles. The molecular formula is C19H24N2O2S. The van der Waals surface area contributed by atoms with Crippen molar-refractivity contribution >= 4 is 17.2 Å². The van der Waals surface area contributed by atoms with Gasteiger partial charge in [-0.25, -0.2) is 0 Å². The van der Waals surface area contributed by atoms with Gasteiger partial charge in [0.05, 0.1) is 6.42 Å². The summed E-state index contributed by atoms with van der Waals surface area (Å²) in [5.41, 5.74) is 0.672. The third kappa shape index (κ3) is 3.97. The maximum absolute atomic E-state index is 12.2. The van der Waals surface area contributed by atoms with Gasteiger partial charge in [0.2, 0.25) is 5.91 Å². The van der Waals surface area contributed by atoms with Crippen LogP contribution in [0.25, 0.3) is 0 Å². The zero-order chi connectivity index (χ0) is 16.9. The highest BCUT2D eigenvalue weighted by atomic mass is 32.1. The number of rotatable bonds is 5. The van der Waals surface area contributed by atoms with Gasteiger partial charge in [-0.1, -0.05) is 24.3 Å². The molecule has 2 N–H and O–H groups in total. The van der Waals surface area contributed by atoms with E-state index in [1.807, 2.05) is 6.07 Å². The van der Waals surface area contributed by atoms with E-state index in [2.05, 4.69) is 34.8 Å². The van der Waals surface area contributed by atoms with E-state index in [9.17, 15) is 9.90 Å². The number of aromatic hydroxyl groups is 1. The molecule has 2 atom stereocenters. The number of nitrogens with one attached hydrogen (secondary N) is 1. The highest BCUT2D eigenvalue weighted by molar-refractivity contribution is 7.10. The molecule has 0 aliphatic carbocycles. The summed E-state index contributed by atoms with van der Waals surface area (Å²) in [5, 5.41) is 15.0. The summed E-state index contributed by atoms with van der Waals surface area (Å²) in [6.45, 7) is 1.78. The van der Waals surface area contributed by atoms with Crippen molar-refractivity contribution in [3.8, 4) is 5.75 Å². The largest absolute Gasteiger partial charge is 0.508 e. The minimum atomic E-state index is -0.0327. The third-order valence-electron chi connectivity index (χ3n) is 4.75. The van der Waals surface area contributed by atoms with Gasteiger partial charge in [-0.3, -0.25) is 9.69 Å². The summed E-state index contributed by atoms with van der Waals surface area (Å²) in [4.78, 5) is 16.0. The number of para-hydroxylation sites is 1. The van der Waals surface area contributed by atoms with E-state index in [-0.39, 0.29) is 18.1 Å². The van der Waals surface area contributed by atoms with E-state index in [0.29, 0.717) is 24.1 Å². The molecule has 1 amide bonds. The van der Waals surface area contributed by atoms with Crippen LogP contribution in [-0.4, -0.2) is 36.1 Å². The van der Waals surface area contributed by atoms with Gasteiger partial charge in [0.25, 0.3) is 0 Å². The maximum atomic E-state index is 12.2. The van der Waals surface area contributed by atoms with Gasteiger partial charge in [-0.15, -0.1) is 11.3 Å². The molecule has 2 aromatic rings. The second-order valence-corrected chi connectivity index (χ2v) is 7.43. The molecule has 128 valence electrons. The Hall–Kier alpha value is -1.85. The van der Waals surface area contributed by atoms with Gasteiger partial charge in [0.1, 0.15) is 5.75 Å². The van der Waals surface area contributed by atoms with E-state index in [4.69, 9.17) is 0 Å². The van der Waals surface area contributed by atoms with Gasteiger partial charge in [0, 0.05) is 23.0 Å². The summed E-state index contributed by atoms with van der Waals surface area (Å²) in [6.07, 6.45) is 2.51. The molecule has 2 heterocycles. The predicted octanol–water partition coefficient (Wildman–Crippen LogP) is 3.20. The Morgan fingerprint density at radius 1 is 1.33 bits per heavy atom. The topological polar surface area (TPSA) is 52.6 Å². The van der Waals surface area contributed by atoms with Crippen molar-refractivity contribution in [2.45, 2.75) is 25.3 Å². The predicted molar refractivity (Wildman–Crippen MR) is 97.2 cm³/mol. The van der Waals surface area contributed by atoms with Crippen LogP contribution in [0.5, 0.6) is 5.75 Å². The average molecular weight is 344 g/mol. The number of thiophene rings is 1. The van der Waals surface area contributed by atoms with E-state index in [1.165, 1.54) is 11.3 Å². The molecule has 1 saturated heterocycles. The smallest absolute Gasteiger partial charge is 0.224 e. The lowest BCUT2D eigenvalue weighted by atomic mass is 9.88. The standard InChI is InChI=1S/C19H24N2O2S/c1-21-10-4-7-15(19(21)17-9-5-11-24-17)13-20-18(23)12-14-6-2-3-8-16(14)22/h2-3,5-6,8-9,11,15,19,22H,4,7,10,12-13H2,1H3,(H,20,23)/t15-,19-/m1/s1. The molecule has 0 radical (unpaired) electrons. The lowest BCUT2D eigenvalue weighted by molar-refractivity contribution is -0.120. The third-order valence-corrected chi connectivity index (χ3v) is 5.69. The molecule has 3 rings (SSSR count). The van der Waals surface area contributed by atoms with Crippen LogP contribution in [0.2, 0.25) is 0 Å². The Balaban J connectivity index is 1.60. The first-order valence-electron chi connectivity index (χ1n) is 8.42. The normalized spacial score (nSPS) is 21.5. The fourth-order valence-electron chi connectivity index (χ4n) is 3.52. The van der Waals surface area contributed by atoms with Gasteiger partial charge in [-0.05, 0) is 49.9 Å². The van der Waals surface area contributed by atoms with Crippen LogP contribution in [0.3, 0.4) is 0 Å². The lowest BCUT2D eigenvalue weighted by Crippen LogP contribution is -2.41. The van der Waals surface area contributed by atoms with Crippen molar-refractivity contribution in [1.29, 1.82) is 0 Å². The van der Waals surface area contributed by atoms with Crippen LogP contribution in [-0.2, 0) is 11.2 Å². The molecule has 1 aliphatic heterocycles. The number of nitrogens with zero attached hydrogens (tertiary/aromatic N) is 1. The van der Waals surface area contributed by atoms with Crippen LogP contribution in [0, 0.1) is 5.92 Å². The average Bonchev–Trinajstić information content (AvgIpc) is 3.09. The Bertz CT molecular complexity index is 672. The molecular weight excluding hydrogens is 320 g/mol. The van der Waals surface area contributed by atoms with Gasteiger partial charge >= 0.3 is 0 Å². The summed E-state index contributed by atoms with van der Waals surface area (Å²) < 4.78 is 0. The lowest BCUT2D eigenvalue weighted by Gasteiger charge is -2.38. The highest BCUT2D eigenvalue weighted by Gasteiger charge is 2.31. The molecule has 0 spiro atoms. The van der Waals surface area contributed by atoms with Crippen LogP contribution >= 0.6 is 11.3 Å². The fraction of sp³-hybridized carbons (Fsp3) is 0.421. The monoisotopic (exact) mass is 344 g/mol. The molecule has 0 unspecified atom stereocenters. The molecule has 24 heavy (non-hydrogen) atoms. The molecule has 0 bridgehead atoms. The summed E-state index contributed by atoms with van der Waals surface area (Å²) in [5.74, 6) is 0.576. The second kappa shape index (κ2) is 7.81. The number of carbonyl (C=O) groups is 1. The van der Waals surface area contributed by atoms with Crippen molar-refractivity contribution in [2.24, 2.45) is 5.92 Å². The first-order valence-corrected chi connectivity index (χ1v) is 9.30. The van der Waals surface area contributed by atoms with Crippen LogP contribution in [0.1, 0.15) is 29.3 Å². The molecule has 0 saturated carbocycles. The number of amides is 1. The fourth-order valence-corrected chi connectivity index (χ4v) is 4.51. The number of piperidine rings is 1. The number of hydrogen-bond acceptors (Lipinski definition) is 4. The van der Waals surface area contributed by atoms with Crippen LogP contribution in [0.15, 0.2) is 41.8 Å². The Kier molecular flexibility index (Phi) is 5.53. The molecule has 1 aromatic carbocycles. The first kappa shape index (κ1) is 17.0. The first-order chi connectivity index (χ1) is 11.6. The summed E-state index contributed by atoms with van der Waals surface area (Å²) >= 11 is 1.79. The number of likely N-dealkylation sites (tertiary alicyclic amines) is 1. The number of phenols is 1. The quantitative estimate of drug-likeness (QED) is 0.876. The van der Waals surface area contributed by atoms with Crippen LogP contribution in [0.4, 0.5) is 0 Å². The molecule has 1 fully saturated rings. The second-order valence-electron chi connectivity index (χ2n) is 6.45. The number of phenolic OH excluding ortho intramolecular Hbond substituents is 1. The number of hydrogen-bond donors (Lipinski definition) is 2. The Morgan fingerprint density at radius 3 is 2.92 bits per heavy atom. The summed E-state index contributed by atoms with van der Waals surface area (Å²) in [7, 11) is 2.17. The minimum Gasteiger partial charge on any atom is -0.508 e. The summed E-state index contributed by atoms with van der Waals surface area (Å²) in [6, 6.07) is 11.7.